The highest BCUT2D eigenvalue weighted by Gasteiger charge is 2.18. The molecule has 0 aliphatic heterocycles. The van der Waals surface area contributed by atoms with Crippen molar-refractivity contribution < 1.29 is 8.83 Å². The van der Waals surface area contributed by atoms with Gasteiger partial charge in [0.2, 0.25) is 0 Å². The lowest BCUT2D eigenvalue weighted by atomic mass is 9.85. The van der Waals surface area contributed by atoms with E-state index in [0.29, 0.717) is 0 Å². The average Bonchev–Trinajstić information content (AvgIpc) is 3.79. The molecule has 2 nitrogen and oxygen atoms in total. The third-order valence-corrected chi connectivity index (χ3v) is 11.4. The Morgan fingerprint density at radius 1 is 0.241 bits per heavy atom. The number of hydrogen-bond acceptors (Lipinski definition) is 2. The maximum Gasteiger partial charge on any atom is 0.143 e. The van der Waals surface area contributed by atoms with Crippen LogP contribution >= 0.6 is 0 Å². The van der Waals surface area contributed by atoms with Crippen molar-refractivity contribution >= 4 is 87.0 Å². The maximum atomic E-state index is 6.41. The van der Waals surface area contributed by atoms with Crippen molar-refractivity contribution in [3.05, 3.63) is 182 Å². The SMILES string of the molecule is c1ccc(-c2c3ccccc3c(-c3ccc4cc(-c5ccc6oc7cc8ccc9c%10ccccc%10oc9c8cc7c6c5)ccc4c3)c3ccccc23)cc1. The zero-order valence-corrected chi connectivity index (χ0v) is 29.1. The largest absolute Gasteiger partial charge is 0.456 e. The summed E-state index contributed by atoms with van der Waals surface area (Å²) in [6.07, 6.45) is 0. The molecule has 0 aliphatic carbocycles. The van der Waals surface area contributed by atoms with Crippen molar-refractivity contribution in [2.24, 2.45) is 0 Å². The minimum atomic E-state index is 0.882. The van der Waals surface area contributed by atoms with Gasteiger partial charge in [-0.1, -0.05) is 133 Å². The van der Waals surface area contributed by atoms with Crippen molar-refractivity contribution in [2.75, 3.05) is 0 Å². The average molecular weight is 687 g/mol. The van der Waals surface area contributed by atoms with Crippen LogP contribution in [0.1, 0.15) is 0 Å². The lowest BCUT2D eigenvalue weighted by Crippen LogP contribution is -1.90. The summed E-state index contributed by atoms with van der Waals surface area (Å²) in [5, 5.41) is 14.2. The molecule has 0 saturated heterocycles. The fourth-order valence-corrected chi connectivity index (χ4v) is 8.89. The first kappa shape index (κ1) is 29.4. The van der Waals surface area contributed by atoms with Crippen LogP contribution in [0, 0.1) is 0 Å². The molecular weight excluding hydrogens is 657 g/mol. The van der Waals surface area contributed by atoms with Crippen LogP contribution in [0.15, 0.2) is 191 Å². The van der Waals surface area contributed by atoms with Crippen molar-refractivity contribution in [2.45, 2.75) is 0 Å². The summed E-state index contributed by atoms with van der Waals surface area (Å²) >= 11 is 0. The standard InChI is InChI=1S/C52H30O2/c1-2-10-31(11-3-1)50-39-13-4-6-15-41(39)51(42-16-7-5-14-40(42)50)37-21-20-32-26-33(18-19-34(32)27-37)35-23-25-48-45(28-35)46-30-44-36(29-49(46)53-48)22-24-43-38-12-8-9-17-47(38)54-52(43)44/h1-30H. The van der Waals surface area contributed by atoms with Crippen LogP contribution in [0.4, 0.5) is 0 Å². The van der Waals surface area contributed by atoms with Gasteiger partial charge in [0.15, 0.2) is 0 Å². The van der Waals surface area contributed by atoms with Crippen LogP contribution in [0.25, 0.3) is 120 Å². The summed E-state index contributed by atoms with van der Waals surface area (Å²) in [5.41, 5.74) is 10.9. The number of fused-ring (bicyclic) bond motifs is 11. The number of furan rings is 2. The number of hydrogen-bond donors (Lipinski definition) is 0. The molecule has 0 unspecified atom stereocenters. The van der Waals surface area contributed by atoms with Crippen LogP contribution in [0.2, 0.25) is 0 Å². The predicted molar refractivity (Wildman–Crippen MR) is 227 cm³/mol. The van der Waals surface area contributed by atoms with E-state index in [4.69, 9.17) is 8.83 Å². The van der Waals surface area contributed by atoms with Gasteiger partial charge in [0, 0.05) is 26.9 Å². The summed E-state index contributed by atoms with van der Waals surface area (Å²) in [6.45, 7) is 0. The molecule has 0 N–H and O–H groups in total. The number of benzene rings is 10. The Bertz CT molecular complexity index is 3430. The summed E-state index contributed by atoms with van der Waals surface area (Å²) in [7, 11) is 0. The van der Waals surface area contributed by atoms with Crippen molar-refractivity contribution in [1.82, 2.24) is 0 Å². The molecule has 2 aromatic heterocycles. The summed E-state index contributed by atoms with van der Waals surface area (Å²) < 4.78 is 12.8. The Balaban J connectivity index is 0.989. The highest BCUT2D eigenvalue weighted by atomic mass is 16.3. The van der Waals surface area contributed by atoms with E-state index < -0.39 is 0 Å². The van der Waals surface area contributed by atoms with Crippen LogP contribution in [-0.2, 0) is 0 Å². The molecule has 0 aliphatic rings. The van der Waals surface area contributed by atoms with E-state index >= 15 is 0 Å². The predicted octanol–water partition coefficient (Wildman–Crippen LogP) is 15.1. The molecule has 0 atom stereocenters. The molecule has 0 fully saturated rings. The zero-order chi connectivity index (χ0) is 35.3. The first-order valence-corrected chi connectivity index (χ1v) is 18.5. The third-order valence-electron chi connectivity index (χ3n) is 11.4. The fraction of sp³-hybridized carbons (Fsp3) is 0. The quantitative estimate of drug-likeness (QED) is 0.173. The Morgan fingerprint density at radius 3 is 1.52 bits per heavy atom. The van der Waals surface area contributed by atoms with Crippen LogP contribution in [0.3, 0.4) is 0 Å². The Kier molecular flexibility index (Phi) is 6.09. The van der Waals surface area contributed by atoms with E-state index in [0.717, 1.165) is 60.2 Å². The lowest BCUT2D eigenvalue weighted by Gasteiger charge is -2.18. The van der Waals surface area contributed by atoms with Gasteiger partial charge in [-0.3, -0.25) is 0 Å². The van der Waals surface area contributed by atoms with Crippen LogP contribution in [-0.4, -0.2) is 0 Å². The first-order valence-electron chi connectivity index (χ1n) is 18.5. The van der Waals surface area contributed by atoms with Gasteiger partial charge in [-0.15, -0.1) is 0 Å². The molecule has 0 radical (unpaired) electrons. The highest BCUT2D eigenvalue weighted by Crippen LogP contribution is 2.45. The molecule has 54 heavy (non-hydrogen) atoms. The topological polar surface area (TPSA) is 26.3 Å². The van der Waals surface area contributed by atoms with E-state index in [-0.39, 0.29) is 0 Å². The monoisotopic (exact) mass is 686 g/mol. The van der Waals surface area contributed by atoms with Gasteiger partial charge in [-0.05, 0) is 120 Å². The Hall–Kier alpha value is -7.16. The molecular formula is C52H30O2. The van der Waals surface area contributed by atoms with Gasteiger partial charge >= 0.3 is 0 Å². The summed E-state index contributed by atoms with van der Waals surface area (Å²) in [5.74, 6) is 0. The summed E-state index contributed by atoms with van der Waals surface area (Å²) in [4.78, 5) is 0. The second-order valence-corrected chi connectivity index (χ2v) is 14.4. The van der Waals surface area contributed by atoms with Gasteiger partial charge in [0.05, 0.1) is 0 Å². The van der Waals surface area contributed by atoms with Gasteiger partial charge in [0.1, 0.15) is 22.3 Å². The van der Waals surface area contributed by atoms with Gasteiger partial charge < -0.3 is 8.83 Å². The van der Waals surface area contributed by atoms with E-state index in [1.54, 1.807) is 0 Å². The molecule has 12 aromatic rings. The van der Waals surface area contributed by atoms with E-state index in [1.165, 1.54) is 60.1 Å². The van der Waals surface area contributed by atoms with E-state index in [9.17, 15) is 0 Å². The smallest absolute Gasteiger partial charge is 0.143 e. The highest BCUT2D eigenvalue weighted by molar-refractivity contribution is 6.22. The minimum absolute atomic E-state index is 0.882. The van der Waals surface area contributed by atoms with E-state index in [1.807, 2.05) is 12.1 Å². The molecule has 2 heterocycles. The van der Waals surface area contributed by atoms with Crippen molar-refractivity contribution in [1.29, 1.82) is 0 Å². The molecule has 0 amide bonds. The minimum Gasteiger partial charge on any atom is -0.456 e. The van der Waals surface area contributed by atoms with Crippen LogP contribution < -0.4 is 0 Å². The van der Waals surface area contributed by atoms with Gasteiger partial charge in [-0.25, -0.2) is 0 Å². The van der Waals surface area contributed by atoms with Crippen molar-refractivity contribution in [3.63, 3.8) is 0 Å². The molecule has 0 bridgehead atoms. The lowest BCUT2D eigenvalue weighted by molar-refractivity contribution is 0.669. The van der Waals surface area contributed by atoms with Gasteiger partial charge in [0.25, 0.3) is 0 Å². The molecule has 0 spiro atoms. The Morgan fingerprint density at radius 2 is 0.778 bits per heavy atom. The maximum absolute atomic E-state index is 6.41. The number of rotatable bonds is 3. The van der Waals surface area contributed by atoms with Gasteiger partial charge in [-0.2, -0.15) is 0 Å². The third kappa shape index (κ3) is 4.28. The zero-order valence-electron chi connectivity index (χ0n) is 29.1. The normalized spacial score (nSPS) is 12.1. The molecule has 12 rings (SSSR count). The first-order chi connectivity index (χ1) is 26.7. The molecule has 0 saturated carbocycles. The summed E-state index contributed by atoms with van der Waals surface area (Å²) in [6, 6.07) is 65.7. The van der Waals surface area contributed by atoms with Crippen molar-refractivity contribution in [3.8, 4) is 33.4 Å². The molecule has 250 valence electrons. The Labute approximate surface area is 310 Å². The fourth-order valence-electron chi connectivity index (χ4n) is 8.89. The number of para-hydroxylation sites is 1. The van der Waals surface area contributed by atoms with Crippen LogP contribution in [0.5, 0.6) is 0 Å². The second-order valence-electron chi connectivity index (χ2n) is 14.4. The molecule has 10 aromatic carbocycles. The molecule has 2 heteroatoms. The second kappa shape index (κ2) is 11.2. The van der Waals surface area contributed by atoms with E-state index in [2.05, 4.69) is 170 Å².